The number of likely N-dealkylation sites (N-methyl/N-ethyl adjacent to an activating group) is 1. The summed E-state index contributed by atoms with van der Waals surface area (Å²) in [5, 5.41) is 13.5. The van der Waals surface area contributed by atoms with Crippen LogP contribution in [0.15, 0.2) is 18.2 Å². The lowest BCUT2D eigenvalue weighted by atomic mass is 10.2. The summed E-state index contributed by atoms with van der Waals surface area (Å²) in [5.74, 6) is 0.158. The molecule has 27 heavy (non-hydrogen) atoms. The van der Waals surface area contributed by atoms with Crippen molar-refractivity contribution in [1.82, 2.24) is 25.1 Å². The summed E-state index contributed by atoms with van der Waals surface area (Å²) in [7, 11) is 1.70. The first-order valence-electron chi connectivity index (χ1n) is 8.31. The van der Waals surface area contributed by atoms with Gasteiger partial charge in [-0.1, -0.05) is 24.9 Å². The number of carbonyl (C=O) groups is 1. The largest absolute Gasteiger partial charge is 0.417 e. The van der Waals surface area contributed by atoms with Gasteiger partial charge in [0.2, 0.25) is 5.91 Å². The maximum absolute atomic E-state index is 12.9. The van der Waals surface area contributed by atoms with E-state index in [2.05, 4.69) is 27.8 Å². The van der Waals surface area contributed by atoms with Crippen LogP contribution in [0.4, 0.5) is 18.9 Å². The van der Waals surface area contributed by atoms with Crippen molar-refractivity contribution in [2.75, 3.05) is 18.9 Å². The van der Waals surface area contributed by atoms with Crippen LogP contribution in [0.3, 0.4) is 0 Å². The molecule has 0 unspecified atom stereocenters. The Labute approximate surface area is 159 Å². The number of alkyl halides is 3. The molecule has 0 aliphatic carbocycles. The maximum Gasteiger partial charge on any atom is 0.417 e. The molecule has 0 saturated heterocycles. The number of aromatic nitrogens is 4. The number of benzene rings is 1. The smallest absolute Gasteiger partial charge is 0.325 e. The van der Waals surface area contributed by atoms with Crippen LogP contribution in [0.2, 0.25) is 5.02 Å². The number of amides is 1. The summed E-state index contributed by atoms with van der Waals surface area (Å²) in [4.78, 5) is 13.8. The van der Waals surface area contributed by atoms with Crippen LogP contribution in [0.5, 0.6) is 0 Å². The quantitative estimate of drug-likeness (QED) is 0.731. The highest BCUT2D eigenvalue weighted by Crippen LogP contribution is 2.36. The van der Waals surface area contributed by atoms with Gasteiger partial charge < -0.3 is 5.32 Å². The molecule has 1 aromatic heterocycles. The molecular formula is C16H20ClF3N6O. The van der Waals surface area contributed by atoms with E-state index in [1.807, 2.05) is 0 Å². The Morgan fingerprint density at radius 2 is 2.11 bits per heavy atom. The predicted molar refractivity (Wildman–Crippen MR) is 94.1 cm³/mol. The fourth-order valence-electron chi connectivity index (χ4n) is 2.38. The van der Waals surface area contributed by atoms with Gasteiger partial charge in [0.25, 0.3) is 0 Å². The number of anilines is 1. The van der Waals surface area contributed by atoms with Crippen molar-refractivity contribution in [3.63, 3.8) is 0 Å². The van der Waals surface area contributed by atoms with Gasteiger partial charge in [-0.2, -0.15) is 13.2 Å². The molecule has 2 aromatic rings. The van der Waals surface area contributed by atoms with E-state index in [9.17, 15) is 18.0 Å². The van der Waals surface area contributed by atoms with Crippen LogP contribution in [0.25, 0.3) is 0 Å². The van der Waals surface area contributed by atoms with Crippen molar-refractivity contribution in [2.45, 2.75) is 39.0 Å². The minimum atomic E-state index is -4.59. The molecule has 0 atom stereocenters. The van der Waals surface area contributed by atoms with Crippen molar-refractivity contribution in [3.05, 3.63) is 34.6 Å². The molecular weight excluding hydrogens is 385 g/mol. The highest BCUT2D eigenvalue weighted by atomic mass is 35.5. The second-order valence-electron chi connectivity index (χ2n) is 6.08. The fourth-order valence-corrected chi connectivity index (χ4v) is 2.61. The molecule has 0 saturated carbocycles. The molecule has 0 aliphatic rings. The zero-order chi connectivity index (χ0) is 20.0. The van der Waals surface area contributed by atoms with Crippen molar-refractivity contribution in [1.29, 1.82) is 0 Å². The Morgan fingerprint density at radius 1 is 1.37 bits per heavy atom. The molecule has 0 radical (unpaired) electrons. The van der Waals surface area contributed by atoms with Gasteiger partial charge in [0.1, 0.15) is 0 Å². The summed E-state index contributed by atoms with van der Waals surface area (Å²) < 4.78 is 40.3. The monoisotopic (exact) mass is 404 g/mol. The molecule has 0 bridgehead atoms. The Balaban J connectivity index is 1.95. The molecule has 0 spiro atoms. The van der Waals surface area contributed by atoms with Crippen molar-refractivity contribution >= 4 is 23.2 Å². The Hall–Kier alpha value is -2.20. The Morgan fingerprint density at radius 3 is 2.78 bits per heavy atom. The van der Waals surface area contributed by atoms with Gasteiger partial charge in [0.15, 0.2) is 5.82 Å². The summed E-state index contributed by atoms with van der Waals surface area (Å²) in [6.45, 7) is 3.04. The van der Waals surface area contributed by atoms with Crippen LogP contribution in [0, 0.1) is 0 Å². The number of aryl methyl sites for hydroxylation is 1. The van der Waals surface area contributed by atoms with Gasteiger partial charge in [-0.05, 0) is 42.1 Å². The Bertz CT molecular complexity index is 780. The highest BCUT2D eigenvalue weighted by Gasteiger charge is 2.33. The number of hydrogen-bond acceptors (Lipinski definition) is 5. The normalized spacial score (nSPS) is 11.8. The maximum atomic E-state index is 12.9. The molecule has 7 nitrogen and oxygen atoms in total. The van der Waals surface area contributed by atoms with Crippen LogP contribution < -0.4 is 5.32 Å². The van der Waals surface area contributed by atoms with Crippen molar-refractivity contribution < 1.29 is 18.0 Å². The predicted octanol–water partition coefficient (Wildman–Crippen LogP) is 3.22. The van der Waals surface area contributed by atoms with Gasteiger partial charge >= 0.3 is 6.18 Å². The van der Waals surface area contributed by atoms with E-state index in [1.54, 1.807) is 16.6 Å². The average Bonchev–Trinajstić information content (AvgIpc) is 3.00. The lowest BCUT2D eigenvalue weighted by Crippen LogP contribution is -2.31. The summed E-state index contributed by atoms with van der Waals surface area (Å²) in [6, 6.07) is 3.23. The number of tetrazole rings is 1. The Kier molecular flexibility index (Phi) is 7.14. The van der Waals surface area contributed by atoms with Gasteiger partial charge in [0.05, 0.1) is 23.7 Å². The SMILES string of the molecule is CCCCn1nnnc1CN(C)CC(=O)Nc1ccc(Cl)c(C(F)(F)F)c1. The molecule has 1 heterocycles. The second-order valence-corrected chi connectivity index (χ2v) is 6.49. The zero-order valence-corrected chi connectivity index (χ0v) is 15.7. The topological polar surface area (TPSA) is 75.9 Å². The molecule has 0 fully saturated rings. The average molecular weight is 405 g/mol. The summed E-state index contributed by atoms with van der Waals surface area (Å²) in [5.41, 5.74) is -0.969. The minimum absolute atomic E-state index is 0.0258. The number of carbonyl (C=O) groups excluding carboxylic acids is 1. The molecule has 0 aliphatic heterocycles. The fraction of sp³-hybridized carbons (Fsp3) is 0.500. The molecule has 1 N–H and O–H groups in total. The van der Waals surface area contributed by atoms with E-state index < -0.39 is 22.7 Å². The summed E-state index contributed by atoms with van der Waals surface area (Å²) in [6.07, 6.45) is -2.66. The van der Waals surface area contributed by atoms with Crippen molar-refractivity contribution in [2.24, 2.45) is 0 Å². The van der Waals surface area contributed by atoms with E-state index in [0.29, 0.717) is 18.9 Å². The minimum Gasteiger partial charge on any atom is -0.325 e. The molecule has 1 aromatic carbocycles. The van der Waals surface area contributed by atoms with Crippen LogP contribution >= 0.6 is 11.6 Å². The first-order valence-corrected chi connectivity index (χ1v) is 8.68. The van der Waals surface area contributed by atoms with Gasteiger partial charge in [-0.15, -0.1) is 5.10 Å². The number of nitrogens with zero attached hydrogens (tertiary/aromatic N) is 5. The van der Waals surface area contributed by atoms with Crippen LogP contribution in [-0.4, -0.2) is 44.6 Å². The van der Waals surface area contributed by atoms with Gasteiger partial charge in [0, 0.05) is 12.2 Å². The first kappa shape index (κ1) is 21.1. The highest BCUT2D eigenvalue weighted by molar-refractivity contribution is 6.31. The first-order chi connectivity index (χ1) is 12.7. The summed E-state index contributed by atoms with van der Waals surface area (Å²) >= 11 is 5.57. The molecule has 11 heteroatoms. The van der Waals surface area contributed by atoms with Crippen molar-refractivity contribution in [3.8, 4) is 0 Å². The number of unbranched alkanes of at least 4 members (excludes halogenated alkanes) is 1. The number of hydrogen-bond donors (Lipinski definition) is 1. The molecule has 1 amide bonds. The van der Waals surface area contributed by atoms with Gasteiger partial charge in [-0.3, -0.25) is 9.69 Å². The third-order valence-corrected chi connectivity index (χ3v) is 4.04. The standard InChI is InChI=1S/C16H20ClF3N6O/c1-3-4-7-26-14(22-23-24-26)9-25(2)10-15(27)21-11-5-6-13(17)12(8-11)16(18,19)20/h5-6,8H,3-4,7,9-10H2,1-2H3,(H,21,27). The van der Waals surface area contributed by atoms with E-state index in [4.69, 9.17) is 11.6 Å². The van der Waals surface area contributed by atoms with E-state index in [-0.39, 0.29) is 12.2 Å². The zero-order valence-electron chi connectivity index (χ0n) is 14.9. The van der Waals surface area contributed by atoms with E-state index in [1.165, 1.54) is 6.07 Å². The number of halogens is 4. The van der Waals surface area contributed by atoms with Crippen LogP contribution in [-0.2, 0) is 24.1 Å². The lowest BCUT2D eigenvalue weighted by molar-refractivity contribution is -0.137. The second kappa shape index (κ2) is 9.14. The third kappa shape index (κ3) is 6.17. The third-order valence-electron chi connectivity index (χ3n) is 3.71. The van der Waals surface area contributed by atoms with Gasteiger partial charge in [-0.25, -0.2) is 4.68 Å². The number of rotatable bonds is 8. The lowest BCUT2D eigenvalue weighted by Gasteiger charge is -2.16. The molecule has 2 rings (SSSR count). The molecule has 148 valence electrons. The van der Waals surface area contributed by atoms with E-state index in [0.717, 1.165) is 25.0 Å². The number of nitrogens with one attached hydrogen (secondary N) is 1. The van der Waals surface area contributed by atoms with E-state index >= 15 is 0 Å². The van der Waals surface area contributed by atoms with Crippen LogP contribution in [0.1, 0.15) is 31.2 Å².